The van der Waals surface area contributed by atoms with E-state index in [2.05, 4.69) is 68.4 Å². The molecule has 11 heteroatoms. The van der Waals surface area contributed by atoms with Gasteiger partial charge in [0, 0.05) is 0 Å². The van der Waals surface area contributed by atoms with Gasteiger partial charge in [-0.05, 0) is 24.3 Å². The minimum absolute atomic E-state index is 0.0700. The van der Waals surface area contributed by atoms with E-state index in [-0.39, 0.29) is 11.5 Å². The molecule has 2 bridgehead atoms. The molecule has 0 saturated carbocycles. The highest BCUT2D eigenvalue weighted by atomic mass is 32.3. The number of benzene rings is 1. The van der Waals surface area contributed by atoms with E-state index < -0.39 is 20.8 Å². The molecule has 0 N–H and O–H groups in total. The Kier molecular flexibility index (Phi) is 7.85. The van der Waals surface area contributed by atoms with Crippen LogP contribution in [0.4, 0.5) is 0 Å². The van der Waals surface area contributed by atoms with E-state index in [1.54, 1.807) is 0 Å². The van der Waals surface area contributed by atoms with Crippen molar-refractivity contribution in [2.24, 2.45) is 0 Å². The van der Waals surface area contributed by atoms with Crippen molar-refractivity contribution in [3.63, 3.8) is 0 Å². The van der Waals surface area contributed by atoms with Crippen molar-refractivity contribution in [3.8, 4) is 11.5 Å². The number of hydrogen-bond donors (Lipinski definition) is 0. The van der Waals surface area contributed by atoms with E-state index in [0.29, 0.717) is 0 Å². The van der Waals surface area contributed by atoms with Crippen molar-refractivity contribution in [2.45, 2.75) is 0 Å². The molecule has 0 amide bonds. The largest absolute Gasteiger partial charge is 0.466 e. The maximum absolute atomic E-state index is 11.0. The van der Waals surface area contributed by atoms with Gasteiger partial charge in [0.2, 0.25) is 0 Å². The Morgan fingerprint density at radius 1 is 0.600 bits per heavy atom. The molecule has 0 aromatic heterocycles. The van der Waals surface area contributed by atoms with Crippen molar-refractivity contribution in [1.82, 2.24) is 0 Å². The Labute approximate surface area is 151 Å². The van der Waals surface area contributed by atoms with E-state index >= 15 is 0 Å². The van der Waals surface area contributed by atoms with Gasteiger partial charge in [-0.2, -0.15) is 16.8 Å². The zero-order valence-corrected chi connectivity index (χ0v) is 17.5. The molecule has 0 unspecified atom stereocenters. The summed E-state index contributed by atoms with van der Waals surface area (Å²) in [5.41, 5.74) is 0. The summed E-state index contributed by atoms with van der Waals surface area (Å²) in [6.07, 6.45) is 0. The van der Waals surface area contributed by atoms with Crippen LogP contribution in [-0.2, 0) is 24.4 Å². The highest BCUT2D eigenvalue weighted by Gasteiger charge is 2.28. The van der Waals surface area contributed by atoms with Gasteiger partial charge in [0.15, 0.2) is 0 Å². The van der Waals surface area contributed by atoms with Gasteiger partial charge in [-0.25, -0.2) is 0 Å². The van der Waals surface area contributed by atoms with Crippen LogP contribution in [0.3, 0.4) is 0 Å². The third kappa shape index (κ3) is 15.8. The minimum Gasteiger partial charge on any atom is -0.361 e. The fourth-order valence-corrected chi connectivity index (χ4v) is 2.65. The summed E-state index contributed by atoms with van der Waals surface area (Å²) < 4.78 is 58.2. The quantitative estimate of drug-likeness (QED) is 0.589. The van der Waals surface area contributed by atoms with Crippen LogP contribution in [0, 0.1) is 0 Å². The molecule has 146 valence electrons. The highest BCUT2D eigenvalue weighted by molar-refractivity contribution is 7.95. The fourth-order valence-electron chi connectivity index (χ4n) is 0.916. The summed E-state index contributed by atoms with van der Waals surface area (Å²) in [4.78, 5) is 0. The molecule has 3 rings (SSSR count). The van der Waals surface area contributed by atoms with Gasteiger partial charge in [-0.3, -0.25) is 0 Å². The van der Waals surface area contributed by atoms with Crippen LogP contribution >= 0.6 is 0 Å². The van der Waals surface area contributed by atoms with E-state index in [0.717, 1.165) is 8.97 Å². The predicted octanol–water partition coefficient (Wildman–Crippen LogP) is 0.609. The number of nitrogens with zero attached hydrogens (tertiary/aromatic N) is 2. The van der Waals surface area contributed by atoms with Crippen LogP contribution in [0.1, 0.15) is 0 Å². The van der Waals surface area contributed by atoms with Crippen molar-refractivity contribution in [3.05, 3.63) is 24.3 Å². The molecule has 0 spiro atoms. The molecule has 0 saturated heterocycles. The zero-order valence-electron chi connectivity index (χ0n) is 15.9. The summed E-state index contributed by atoms with van der Waals surface area (Å²) in [5, 5.41) is 0. The third-order valence-electron chi connectivity index (χ3n) is 1.39. The Hall–Kier alpha value is -1.40. The lowest BCUT2D eigenvalue weighted by molar-refractivity contribution is -0.849. The van der Waals surface area contributed by atoms with Crippen LogP contribution in [-0.4, -0.2) is 82.2 Å². The van der Waals surface area contributed by atoms with E-state index in [9.17, 15) is 16.8 Å². The van der Waals surface area contributed by atoms with Gasteiger partial charge < -0.3 is 17.3 Å². The Morgan fingerprint density at radius 2 is 0.800 bits per heavy atom. The van der Waals surface area contributed by atoms with Crippen molar-refractivity contribution < 1.29 is 37.8 Å². The van der Waals surface area contributed by atoms with Crippen LogP contribution in [0.25, 0.3) is 0 Å². The van der Waals surface area contributed by atoms with Crippen LogP contribution in [0.5, 0.6) is 11.5 Å². The summed E-state index contributed by atoms with van der Waals surface area (Å²) in [6.45, 7) is 0. The average molecular weight is 401 g/mol. The van der Waals surface area contributed by atoms with Gasteiger partial charge in [-0.1, -0.05) is 3.63 Å². The number of hydrogen-bond acceptors (Lipinski definition) is 7. The lowest BCUT2D eigenvalue weighted by Crippen LogP contribution is -2.27. The molecule has 2 heterocycles. The third-order valence-corrected chi connectivity index (χ3v) is 3.51. The standard InChI is InChI=1S/C6H4O7S2.2C4H12N/c7-14(8)11-5-1-2-6(4-3-5)12-15(9,10)13-14;2*1-5(2,3)4/h1-4H;2*1-4H3/q;2*+1. The Morgan fingerprint density at radius 3 is 1.00 bits per heavy atom. The first kappa shape index (κ1) is 23.6. The average Bonchev–Trinajstić information content (AvgIpc) is 2.30. The lowest BCUT2D eigenvalue weighted by atomic mass is 10.3. The molecule has 0 aliphatic carbocycles. The molecule has 9 nitrogen and oxygen atoms in total. The monoisotopic (exact) mass is 400 g/mol. The van der Waals surface area contributed by atoms with E-state index in [1.165, 1.54) is 24.3 Å². The van der Waals surface area contributed by atoms with Gasteiger partial charge in [0.25, 0.3) is 0 Å². The molecule has 0 radical (unpaired) electrons. The molecule has 0 fully saturated rings. The van der Waals surface area contributed by atoms with Gasteiger partial charge in [0.1, 0.15) is 11.5 Å². The molecular formula is C14H28N2O7S2+2. The number of fused-ring (bicyclic) bond motifs is 6. The highest BCUT2D eigenvalue weighted by Crippen LogP contribution is 2.24. The zero-order chi connectivity index (χ0) is 20.1. The summed E-state index contributed by atoms with van der Waals surface area (Å²) >= 11 is 0. The minimum atomic E-state index is -4.67. The molecule has 0 atom stereocenters. The Balaban J connectivity index is 0.000000480. The van der Waals surface area contributed by atoms with Crippen molar-refractivity contribution >= 4 is 20.8 Å². The number of quaternary nitrogens is 2. The smallest absolute Gasteiger partial charge is 0.361 e. The van der Waals surface area contributed by atoms with Gasteiger partial charge in [0.05, 0.1) is 56.4 Å². The molecule has 1 aromatic carbocycles. The first-order valence-corrected chi connectivity index (χ1v) is 9.81. The predicted molar refractivity (Wildman–Crippen MR) is 94.5 cm³/mol. The topological polar surface area (TPSA) is 96.0 Å². The fraction of sp³-hybridized carbons (Fsp3) is 0.571. The van der Waals surface area contributed by atoms with Crippen LogP contribution in [0.15, 0.2) is 24.3 Å². The van der Waals surface area contributed by atoms with Crippen molar-refractivity contribution in [2.75, 3.05) is 56.4 Å². The number of rotatable bonds is 0. The van der Waals surface area contributed by atoms with Crippen molar-refractivity contribution in [1.29, 1.82) is 0 Å². The summed E-state index contributed by atoms with van der Waals surface area (Å²) in [7, 11) is 7.65. The SMILES string of the molecule is C[N+](C)(C)C.C[N+](C)(C)C.O=S1(=O)Oc2ccc(cc2)OS(=O)(=O)O1. The van der Waals surface area contributed by atoms with Gasteiger partial charge in [-0.15, -0.1) is 0 Å². The summed E-state index contributed by atoms with van der Waals surface area (Å²) in [6, 6.07) is 4.93. The first-order valence-electron chi connectivity index (χ1n) is 7.14. The second-order valence-electron chi connectivity index (χ2n) is 7.89. The maximum Gasteiger partial charge on any atom is 0.466 e. The molecule has 1 aromatic rings. The molecule has 2 aliphatic heterocycles. The second-order valence-corrected chi connectivity index (χ2v) is 10.4. The second kappa shape index (κ2) is 8.32. The van der Waals surface area contributed by atoms with E-state index in [1.807, 2.05) is 0 Å². The maximum atomic E-state index is 11.0. The van der Waals surface area contributed by atoms with Gasteiger partial charge >= 0.3 is 20.8 Å². The summed E-state index contributed by atoms with van der Waals surface area (Å²) in [5.74, 6) is -0.140. The lowest BCUT2D eigenvalue weighted by Gasteiger charge is -2.14. The normalized spacial score (nSPS) is 17.8. The first-order chi connectivity index (χ1) is 10.9. The molecular weight excluding hydrogens is 372 g/mol. The van der Waals surface area contributed by atoms with E-state index in [4.69, 9.17) is 0 Å². The van der Waals surface area contributed by atoms with Crippen LogP contribution in [0.2, 0.25) is 0 Å². The molecule has 2 aliphatic rings. The molecule has 25 heavy (non-hydrogen) atoms. The van der Waals surface area contributed by atoms with Crippen LogP contribution < -0.4 is 8.37 Å². The Bertz CT molecular complexity index is 667.